The lowest BCUT2D eigenvalue weighted by atomic mass is 10.0. The number of nitrogens with zero attached hydrogens (tertiary/aromatic N) is 3. The summed E-state index contributed by atoms with van der Waals surface area (Å²) < 4.78 is 5.37. The summed E-state index contributed by atoms with van der Waals surface area (Å²) in [4.78, 5) is 9.99. The van der Waals surface area contributed by atoms with Gasteiger partial charge in [0.25, 0.3) is 0 Å². The third-order valence-corrected chi connectivity index (χ3v) is 4.53. The van der Waals surface area contributed by atoms with Crippen molar-refractivity contribution < 1.29 is 4.74 Å². The third-order valence-electron chi connectivity index (χ3n) is 3.65. The smallest absolute Gasteiger partial charge is 0.164 e. The number of methoxy groups -OCH3 is 1. The summed E-state index contributed by atoms with van der Waals surface area (Å²) in [5, 5.41) is 6.61. The Labute approximate surface area is 143 Å². The number of ether oxygens (including phenoxy) is 1. The fourth-order valence-corrected chi connectivity index (χ4v) is 3.15. The van der Waals surface area contributed by atoms with E-state index in [0.29, 0.717) is 0 Å². The van der Waals surface area contributed by atoms with E-state index >= 15 is 0 Å². The molecule has 24 heavy (non-hydrogen) atoms. The van der Waals surface area contributed by atoms with Crippen molar-refractivity contribution in [1.29, 1.82) is 0 Å². The molecule has 6 heteroatoms. The number of hydrazone groups is 1. The van der Waals surface area contributed by atoms with Gasteiger partial charge in [0.15, 0.2) is 5.84 Å². The van der Waals surface area contributed by atoms with Crippen LogP contribution in [0.4, 0.5) is 5.69 Å². The van der Waals surface area contributed by atoms with Gasteiger partial charge in [-0.15, -0.1) is 11.3 Å². The van der Waals surface area contributed by atoms with Crippen molar-refractivity contribution in [3.8, 4) is 5.75 Å². The maximum atomic E-state index is 5.37. The van der Waals surface area contributed by atoms with E-state index in [4.69, 9.17) is 9.73 Å². The van der Waals surface area contributed by atoms with Crippen LogP contribution >= 0.6 is 11.3 Å². The Morgan fingerprint density at radius 3 is 2.83 bits per heavy atom. The molecule has 4 rings (SSSR count). The number of fused-ring (bicyclic) bond motifs is 1. The molecule has 5 nitrogen and oxygen atoms in total. The number of nitrogens with one attached hydrogen (secondary N) is 1. The van der Waals surface area contributed by atoms with Gasteiger partial charge in [-0.3, -0.25) is 10.4 Å². The van der Waals surface area contributed by atoms with Crippen molar-refractivity contribution in [1.82, 2.24) is 10.4 Å². The third kappa shape index (κ3) is 2.68. The molecule has 0 unspecified atom stereocenters. The minimum atomic E-state index is 0.732. The normalized spacial score (nSPS) is 13.2. The molecular weight excluding hydrogens is 320 g/mol. The number of hydrogen-bond donors (Lipinski definition) is 1. The van der Waals surface area contributed by atoms with Crippen LogP contribution in [0.2, 0.25) is 0 Å². The summed E-state index contributed by atoms with van der Waals surface area (Å²) in [5.41, 5.74) is 6.54. The molecule has 0 aliphatic carbocycles. The maximum absolute atomic E-state index is 5.37. The first-order chi connectivity index (χ1) is 11.8. The number of rotatable bonds is 3. The van der Waals surface area contributed by atoms with Crippen molar-refractivity contribution in [3.63, 3.8) is 0 Å². The zero-order valence-corrected chi connectivity index (χ0v) is 13.7. The second-order valence-corrected chi connectivity index (χ2v) is 6.08. The number of hydrogen-bond acceptors (Lipinski definition) is 6. The Morgan fingerprint density at radius 2 is 2.08 bits per heavy atom. The van der Waals surface area contributed by atoms with Crippen LogP contribution in [0.15, 0.2) is 70.3 Å². The molecule has 0 saturated carbocycles. The van der Waals surface area contributed by atoms with E-state index in [1.54, 1.807) is 30.8 Å². The van der Waals surface area contributed by atoms with Crippen molar-refractivity contribution >= 4 is 28.6 Å². The van der Waals surface area contributed by atoms with Crippen molar-refractivity contribution in [2.45, 2.75) is 0 Å². The SMILES string of the molecule is COc1ccc2c(c1)C(c1cccnc1)=NNC(c1cccs1)=N2. The van der Waals surface area contributed by atoms with E-state index in [1.807, 2.05) is 47.8 Å². The van der Waals surface area contributed by atoms with Crippen LogP contribution in [-0.4, -0.2) is 23.6 Å². The molecular formula is C18H14N4OS. The molecule has 1 aromatic carbocycles. The molecule has 0 bridgehead atoms. The minimum absolute atomic E-state index is 0.732. The highest BCUT2D eigenvalue weighted by molar-refractivity contribution is 7.12. The number of benzene rings is 1. The molecule has 3 heterocycles. The Kier molecular flexibility index (Phi) is 3.80. The van der Waals surface area contributed by atoms with Gasteiger partial charge in [-0.1, -0.05) is 6.07 Å². The zero-order chi connectivity index (χ0) is 16.4. The van der Waals surface area contributed by atoms with E-state index < -0.39 is 0 Å². The van der Waals surface area contributed by atoms with Crippen LogP contribution in [0, 0.1) is 0 Å². The van der Waals surface area contributed by atoms with Gasteiger partial charge in [0.2, 0.25) is 0 Å². The van der Waals surface area contributed by atoms with Crippen molar-refractivity contribution in [3.05, 3.63) is 76.2 Å². The van der Waals surface area contributed by atoms with Gasteiger partial charge in [0.1, 0.15) is 11.5 Å². The van der Waals surface area contributed by atoms with Crippen molar-refractivity contribution in [2.75, 3.05) is 7.11 Å². The minimum Gasteiger partial charge on any atom is -0.497 e. The molecule has 2 aromatic heterocycles. The highest BCUT2D eigenvalue weighted by Crippen LogP contribution is 2.29. The Morgan fingerprint density at radius 1 is 1.12 bits per heavy atom. The molecule has 0 radical (unpaired) electrons. The molecule has 0 saturated heterocycles. The first-order valence-corrected chi connectivity index (χ1v) is 8.28. The van der Waals surface area contributed by atoms with E-state index in [0.717, 1.165) is 39.0 Å². The standard InChI is InChI=1S/C18H14N4OS/c1-23-13-6-7-15-14(10-13)17(12-4-2-8-19-11-12)21-22-18(20-15)16-5-3-9-24-16/h2-11H,1H3,(H,20,22). The number of amidine groups is 1. The summed E-state index contributed by atoms with van der Waals surface area (Å²) in [6.07, 6.45) is 3.54. The summed E-state index contributed by atoms with van der Waals surface area (Å²) in [7, 11) is 1.65. The van der Waals surface area contributed by atoms with Gasteiger partial charge in [-0.25, -0.2) is 4.99 Å². The summed E-state index contributed by atoms with van der Waals surface area (Å²) in [6.45, 7) is 0. The zero-order valence-electron chi connectivity index (χ0n) is 12.9. The monoisotopic (exact) mass is 334 g/mol. The molecule has 1 aliphatic rings. The first-order valence-electron chi connectivity index (χ1n) is 7.40. The maximum Gasteiger partial charge on any atom is 0.164 e. The van der Waals surface area contributed by atoms with Crippen LogP contribution < -0.4 is 10.2 Å². The summed E-state index contributed by atoms with van der Waals surface area (Å²) in [5.74, 6) is 1.50. The van der Waals surface area contributed by atoms with Gasteiger partial charge in [0.05, 0.1) is 17.7 Å². The molecule has 1 N–H and O–H groups in total. The van der Waals surface area contributed by atoms with Crippen LogP contribution in [0.25, 0.3) is 0 Å². The van der Waals surface area contributed by atoms with Crippen molar-refractivity contribution in [2.24, 2.45) is 10.1 Å². The van der Waals surface area contributed by atoms with E-state index in [2.05, 4.69) is 15.5 Å². The second-order valence-electron chi connectivity index (χ2n) is 5.13. The molecule has 0 fully saturated rings. The molecule has 0 amide bonds. The first kappa shape index (κ1) is 14.6. The quantitative estimate of drug-likeness (QED) is 0.796. The number of thiophene rings is 1. The highest BCUT2D eigenvalue weighted by atomic mass is 32.1. The van der Waals surface area contributed by atoms with Crippen LogP contribution in [0.1, 0.15) is 16.0 Å². The number of aliphatic imine (C=N–C) groups is 1. The summed E-state index contributed by atoms with van der Waals surface area (Å²) >= 11 is 1.62. The van der Waals surface area contributed by atoms with E-state index in [1.165, 1.54) is 0 Å². The fraction of sp³-hybridized carbons (Fsp3) is 0.0556. The van der Waals surface area contributed by atoms with Crippen LogP contribution in [0.3, 0.4) is 0 Å². The molecule has 1 aliphatic heterocycles. The Hall–Kier alpha value is -2.99. The molecule has 3 aromatic rings. The van der Waals surface area contributed by atoms with Crippen LogP contribution in [0.5, 0.6) is 5.75 Å². The largest absolute Gasteiger partial charge is 0.497 e. The average Bonchev–Trinajstić information content (AvgIpc) is 3.10. The summed E-state index contributed by atoms with van der Waals surface area (Å²) in [6, 6.07) is 13.7. The van der Waals surface area contributed by atoms with Gasteiger partial charge in [-0.05, 0) is 41.8 Å². The molecule has 118 valence electrons. The van der Waals surface area contributed by atoms with Gasteiger partial charge < -0.3 is 4.74 Å². The topological polar surface area (TPSA) is 58.9 Å². The Bertz CT molecular complexity index is 917. The number of pyridine rings is 1. The second kappa shape index (κ2) is 6.25. The average molecular weight is 334 g/mol. The Balaban J connectivity index is 1.89. The van der Waals surface area contributed by atoms with Gasteiger partial charge >= 0.3 is 0 Å². The highest BCUT2D eigenvalue weighted by Gasteiger charge is 2.18. The molecule has 0 atom stereocenters. The predicted octanol–water partition coefficient (Wildman–Crippen LogP) is 3.59. The lowest BCUT2D eigenvalue weighted by Crippen LogP contribution is -2.18. The van der Waals surface area contributed by atoms with Gasteiger partial charge in [-0.2, -0.15) is 5.10 Å². The van der Waals surface area contributed by atoms with E-state index in [-0.39, 0.29) is 0 Å². The van der Waals surface area contributed by atoms with Crippen LogP contribution in [-0.2, 0) is 0 Å². The number of aromatic nitrogens is 1. The van der Waals surface area contributed by atoms with E-state index in [9.17, 15) is 0 Å². The lowest BCUT2D eigenvalue weighted by Gasteiger charge is -2.09. The predicted molar refractivity (Wildman–Crippen MR) is 96.5 cm³/mol. The fourth-order valence-electron chi connectivity index (χ4n) is 2.49. The van der Waals surface area contributed by atoms with Gasteiger partial charge in [0, 0.05) is 23.5 Å². The molecule has 0 spiro atoms. The lowest BCUT2D eigenvalue weighted by molar-refractivity contribution is 0.415.